The predicted molar refractivity (Wildman–Crippen MR) is 105 cm³/mol. The molecular formula is C18H14N4O3S2. The summed E-state index contributed by atoms with van der Waals surface area (Å²) in [6.07, 6.45) is 0. The minimum Gasteiger partial charge on any atom is -0.486 e. The first-order valence-corrected chi connectivity index (χ1v) is 10.1. The first-order valence-electron chi connectivity index (χ1n) is 8.33. The standard InChI is InChI=1S/C18H14N4O3S2/c23-16(19-11-5-6-13-14(9-11)25-8-7-24-13)10-26-17-20-21-18-22(17)12-3-1-2-4-15(12)27-18/h1-6,9H,7-8,10H2,(H,19,23). The Bertz CT molecular complexity index is 1150. The summed E-state index contributed by atoms with van der Waals surface area (Å²) >= 11 is 2.94. The molecule has 9 heteroatoms. The van der Waals surface area contributed by atoms with E-state index in [9.17, 15) is 4.79 Å². The van der Waals surface area contributed by atoms with Crippen LogP contribution in [0.3, 0.4) is 0 Å². The Kier molecular flexibility index (Phi) is 4.10. The summed E-state index contributed by atoms with van der Waals surface area (Å²) in [5.41, 5.74) is 1.73. The molecule has 1 aliphatic heterocycles. The van der Waals surface area contributed by atoms with E-state index in [1.807, 2.05) is 22.6 Å². The molecule has 0 aliphatic carbocycles. The lowest BCUT2D eigenvalue weighted by molar-refractivity contribution is -0.113. The molecule has 2 aromatic heterocycles. The van der Waals surface area contributed by atoms with Crippen LogP contribution >= 0.6 is 23.1 Å². The number of benzene rings is 2. The van der Waals surface area contributed by atoms with Crippen molar-refractivity contribution in [3.05, 3.63) is 42.5 Å². The molecule has 0 spiro atoms. The number of hydrogen-bond donors (Lipinski definition) is 1. The highest BCUT2D eigenvalue weighted by Gasteiger charge is 2.15. The number of rotatable bonds is 4. The maximum absolute atomic E-state index is 12.4. The van der Waals surface area contributed by atoms with Gasteiger partial charge in [-0.3, -0.25) is 9.20 Å². The summed E-state index contributed by atoms with van der Waals surface area (Å²) < 4.78 is 14.2. The topological polar surface area (TPSA) is 77.8 Å². The zero-order valence-electron chi connectivity index (χ0n) is 14.0. The average molecular weight is 398 g/mol. The zero-order valence-corrected chi connectivity index (χ0v) is 15.7. The summed E-state index contributed by atoms with van der Waals surface area (Å²) in [6, 6.07) is 13.4. The highest BCUT2D eigenvalue weighted by molar-refractivity contribution is 7.99. The van der Waals surface area contributed by atoms with Crippen LogP contribution in [0.4, 0.5) is 5.69 Å². The van der Waals surface area contributed by atoms with Gasteiger partial charge in [-0.2, -0.15) is 0 Å². The summed E-state index contributed by atoms with van der Waals surface area (Å²) in [6.45, 7) is 1.05. The van der Waals surface area contributed by atoms with Crippen LogP contribution in [-0.2, 0) is 4.79 Å². The second-order valence-electron chi connectivity index (χ2n) is 5.87. The molecule has 0 fully saturated rings. The number of thiazole rings is 1. The lowest BCUT2D eigenvalue weighted by Gasteiger charge is -2.18. The molecular weight excluding hydrogens is 384 g/mol. The number of aromatic nitrogens is 3. The van der Waals surface area contributed by atoms with Crippen molar-refractivity contribution in [2.75, 3.05) is 24.3 Å². The van der Waals surface area contributed by atoms with Gasteiger partial charge < -0.3 is 14.8 Å². The third kappa shape index (κ3) is 3.08. The van der Waals surface area contributed by atoms with Crippen molar-refractivity contribution in [1.29, 1.82) is 0 Å². The predicted octanol–water partition coefficient (Wildman–Crippen LogP) is 3.45. The Morgan fingerprint density at radius 1 is 1.15 bits per heavy atom. The zero-order chi connectivity index (χ0) is 18.2. The van der Waals surface area contributed by atoms with Crippen LogP contribution < -0.4 is 14.8 Å². The number of amides is 1. The first-order chi connectivity index (χ1) is 13.3. The van der Waals surface area contributed by atoms with Crippen molar-refractivity contribution in [3.63, 3.8) is 0 Å². The molecule has 0 atom stereocenters. The fourth-order valence-corrected chi connectivity index (χ4v) is 4.66. The monoisotopic (exact) mass is 398 g/mol. The van der Waals surface area contributed by atoms with Crippen LogP contribution in [0.15, 0.2) is 47.6 Å². The van der Waals surface area contributed by atoms with Crippen molar-refractivity contribution >= 4 is 49.9 Å². The van der Waals surface area contributed by atoms with Crippen molar-refractivity contribution < 1.29 is 14.3 Å². The number of ether oxygens (including phenoxy) is 2. The third-order valence-electron chi connectivity index (χ3n) is 4.07. The molecule has 5 rings (SSSR count). The smallest absolute Gasteiger partial charge is 0.234 e. The lowest BCUT2D eigenvalue weighted by Crippen LogP contribution is -2.17. The molecule has 136 valence electrons. The second-order valence-corrected chi connectivity index (χ2v) is 7.82. The van der Waals surface area contributed by atoms with E-state index in [4.69, 9.17) is 9.47 Å². The molecule has 4 aromatic rings. The van der Waals surface area contributed by atoms with Gasteiger partial charge in [0.25, 0.3) is 0 Å². The molecule has 0 bridgehead atoms. The van der Waals surface area contributed by atoms with Gasteiger partial charge in [0.15, 0.2) is 16.7 Å². The van der Waals surface area contributed by atoms with E-state index in [1.54, 1.807) is 29.5 Å². The Labute approximate surface area is 162 Å². The number of hydrogen-bond acceptors (Lipinski definition) is 7. The molecule has 0 unspecified atom stereocenters. The van der Waals surface area contributed by atoms with E-state index in [2.05, 4.69) is 21.6 Å². The average Bonchev–Trinajstić information content (AvgIpc) is 3.25. The Hall–Kier alpha value is -2.78. The maximum atomic E-state index is 12.4. The number of para-hydroxylation sites is 1. The van der Waals surface area contributed by atoms with Crippen molar-refractivity contribution in [2.24, 2.45) is 0 Å². The van der Waals surface area contributed by atoms with Gasteiger partial charge in [-0.05, 0) is 24.3 Å². The van der Waals surface area contributed by atoms with Crippen molar-refractivity contribution in [1.82, 2.24) is 14.6 Å². The van der Waals surface area contributed by atoms with Gasteiger partial charge in [0.1, 0.15) is 13.2 Å². The van der Waals surface area contributed by atoms with E-state index in [0.717, 1.165) is 15.2 Å². The molecule has 1 aliphatic rings. The van der Waals surface area contributed by atoms with Gasteiger partial charge >= 0.3 is 0 Å². The van der Waals surface area contributed by atoms with E-state index >= 15 is 0 Å². The first kappa shape index (κ1) is 16.4. The quantitative estimate of drug-likeness (QED) is 0.531. The minimum absolute atomic E-state index is 0.118. The lowest BCUT2D eigenvalue weighted by atomic mass is 10.2. The van der Waals surface area contributed by atoms with Crippen molar-refractivity contribution in [2.45, 2.75) is 5.16 Å². The van der Waals surface area contributed by atoms with Gasteiger partial charge in [-0.1, -0.05) is 35.2 Å². The number of nitrogens with one attached hydrogen (secondary N) is 1. The SMILES string of the molecule is O=C(CSc1nnc2sc3ccccc3n12)Nc1ccc2c(c1)OCCO2. The van der Waals surface area contributed by atoms with Crippen molar-refractivity contribution in [3.8, 4) is 11.5 Å². The highest BCUT2D eigenvalue weighted by Crippen LogP contribution is 2.33. The van der Waals surface area contributed by atoms with Gasteiger partial charge in [0.2, 0.25) is 10.9 Å². The van der Waals surface area contributed by atoms with Crippen LogP contribution in [0, 0.1) is 0 Å². The Balaban J connectivity index is 1.30. The molecule has 2 aromatic carbocycles. The highest BCUT2D eigenvalue weighted by atomic mass is 32.2. The number of nitrogens with zero attached hydrogens (tertiary/aromatic N) is 3. The normalized spacial score (nSPS) is 13.2. The molecule has 1 N–H and O–H groups in total. The minimum atomic E-state index is -0.118. The second kappa shape index (κ2) is 6.75. The maximum Gasteiger partial charge on any atom is 0.234 e. The molecule has 1 amide bonds. The van der Waals surface area contributed by atoms with Crippen LogP contribution in [0.25, 0.3) is 15.2 Å². The number of fused-ring (bicyclic) bond motifs is 4. The molecule has 3 heterocycles. The van der Waals surface area contributed by atoms with E-state index in [0.29, 0.717) is 35.6 Å². The van der Waals surface area contributed by atoms with Crippen LogP contribution in [0.2, 0.25) is 0 Å². The summed E-state index contributed by atoms with van der Waals surface area (Å²) in [4.78, 5) is 13.2. The fourth-order valence-electron chi connectivity index (χ4n) is 2.90. The molecule has 27 heavy (non-hydrogen) atoms. The van der Waals surface area contributed by atoms with Gasteiger partial charge in [-0.15, -0.1) is 10.2 Å². The van der Waals surface area contributed by atoms with Crippen LogP contribution in [0.1, 0.15) is 0 Å². The summed E-state index contributed by atoms with van der Waals surface area (Å²) in [5, 5.41) is 12.0. The van der Waals surface area contributed by atoms with E-state index in [-0.39, 0.29) is 11.7 Å². The molecule has 7 nitrogen and oxygen atoms in total. The van der Waals surface area contributed by atoms with Crippen LogP contribution in [-0.4, -0.2) is 39.5 Å². The van der Waals surface area contributed by atoms with Crippen LogP contribution in [0.5, 0.6) is 11.5 Å². The number of carbonyl (C=O) groups is 1. The van der Waals surface area contributed by atoms with Gasteiger partial charge in [-0.25, -0.2) is 0 Å². The van der Waals surface area contributed by atoms with Gasteiger partial charge in [0.05, 0.1) is 16.0 Å². The molecule has 0 saturated carbocycles. The Morgan fingerprint density at radius 3 is 2.93 bits per heavy atom. The van der Waals surface area contributed by atoms with E-state index < -0.39 is 0 Å². The third-order valence-corrected chi connectivity index (χ3v) is 6.01. The van der Waals surface area contributed by atoms with E-state index in [1.165, 1.54) is 11.8 Å². The summed E-state index contributed by atoms with van der Waals surface area (Å²) in [5.74, 6) is 1.46. The number of carbonyl (C=O) groups excluding carboxylic acids is 1. The fraction of sp³-hybridized carbons (Fsp3) is 0.167. The Morgan fingerprint density at radius 2 is 2.00 bits per heavy atom. The number of thioether (sulfide) groups is 1. The molecule has 0 radical (unpaired) electrons. The van der Waals surface area contributed by atoms with Gasteiger partial charge in [0, 0.05) is 11.8 Å². The largest absolute Gasteiger partial charge is 0.486 e. The molecule has 0 saturated heterocycles. The number of anilines is 1. The summed E-state index contributed by atoms with van der Waals surface area (Å²) in [7, 11) is 0.